The summed E-state index contributed by atoms with van der Waals surface area (Å²) in [4.78, 5) is 15.9. The van der Waals surface area contributed by atoms with E-state index >= 15 is 0 Å². The molecule has 1 amide bonds. The van der Waals surface area contributed by atoms with E-state index < -0.39 is 0 Å². The van der Waals surface area contributed by atoms with Gasteiger partial charge in [0.1, 0.15) is 0 Å². The summed E-state index contributed by atoms with van der Waals surface area (Å²) in [7, 11) is 0. The van der Waals surface area contributed by atoms with E-state index in [0.717, 1.165) is 24.5 Å². The number of nitrogen functional groups attached to an aromatic ring is 1. The molecular weight excluding hydrogens is 238 g/mol. The number of anilines is 1. The summed E-state index contributed by atoms with van der Waals surface area (Å²) < 4.78 is 0. The number of nitrogens with one attached hydrogen (secondary N) is 1. The van der Waals surface area contributed by atoms with Crippen molar-refractivity contribution in [2.45, 2.75) is 52.5 Å². The molecule has 0 saturated heterocycles. The molecular formula is C15H25N3O. The number of amides is 1. The zero-order chi connectivity index (χ0) is 14.3. The van der Waals surface area contributed by atoms with Crippen molar-refractivity contribution in [1.29, 1.82) is 0 Å². The molecule has 1 rings (SSSR count). The predicted octanol–water partition coefficient (Wildman–Crippen LogP) is 2.54. The first-order valence-electron chi connectivity index (χ1n) is 6.97. The molecule has 3 N–H and O–H groups in total. The van der Waals surface area contributed by atoms with Crippen LogP contribution in [0.5, 0.6) is 0 Å². The number of aromatic nitrogens is 1. The molecule has 1 atom stereocenters. The minimum absolute atomic E-state index is 0.0225. The van der Waals surface area contributed by atoms with Crippen LogP contribution in [-0.4, -0.2) is 16.9 Å². The van der Waals surface area contributed by atoms with Gasteiger partial charge in [-0.05, 0) is 31.4 Å². The molecule has 0 fully saturated rings. The van der Waals surface area contributed by atoms with Crippen molar-refractivity contribution in [3.8, 4) is 0 Å². The fourth-order valence-corrected chi connectivity index (χ4v) is 1.94. The Morgan fingerprint density at radius 2 is 2.05 bits per heavy atom. The lowest BCUT2D eigenvalue weighted by Crippen LogP contribution is -2.33. The van der Waals surface area contributed by atoms with Crippen LogP contribution in [0.3, 0.4) is 0 Å². The maximum absolute atomic E-state index is 11.8. The Balaban J connectivity index is 2.28. The van der Waals surface area contributed by atoms with Crippen molar-refractivity contribution < 1.29 is 4.79 Å². The first-order chi connectivity index (χ1) is 8.97. The summed E-state index contributed by atoms with van der Waals surface area (Å²) in [5.74, 6) is 0.746. The molecule has 0 aliphatic heterocycles. The lowest BCUT2D eigenvalue weighted by molar-refractivity contribution is -0.121. The van der Waals surface area contributed by atoms with Crippen LogP contribution in [0.15, 0.2) is 18.3 Å². The number of carbonyl (C=O) groups excluding carboxylic acids is 1. The van der Waals surface area contributed by atoms with Crippen LogP contribution in [0.25, 0.3) is 0 Å². The lowest BCUT2D eigenvalue weighted by Gasteiger charge is -2.14. The summed E-state index contributed by atoms with van der Waals surface area (Å²) >= 11 is 0. The van der Waals surface area contributed by atoms with Crippen LogP contribution in [0.1, 0.15) is 45.7 Å². The fourth-order valence-electron chi connectivity index (χ4n) is 1.94. The number of nitrogens with zero attached hydrogens (tertiary/aromatic N) is 1. The zero-order valence-corrected chi connectivity index (χ0v) is 12.1. The van der Waals surface area contributed by atoms with Gasteiger partial charge in [0, 0.05) is 11.7 Å². The molecule has 1 heterocycles. The van der Waals surface area contributed by atoms with Crippen LogP contribution in [0.2, 0.25) is 0 Å². The highest BCUT2D eigenvalue weighted by Crippen LogP contribution is 2.08. The maximum atomic E-state index is 11.8. The Labute approximate surface area is 115 Å². The molecule has 4 nitrogen and oxygen atoms in total. The number of pyridine rings is 1. The van der Waals surface area contributed by atoms with E-state index in [4.69, 9.17) is 5.73 Å². The Morgan fingerprint density at radius 3 is 2.63 bits per heavy atom. The van der Waals surface area contributed by atoms with E-state index in [1.54, 1.807) is 18.3 Å². The van der Waals surface area contributed by atoms with Gasteiger partial charge in [-0.3, -0.25) is 9.78 Å². The van der Waals surface area contributed by atoms with Gasteiger partial charge in [-0.25, -0.2) is 0 Å². The van der Waals surface area contributed by atoms with Gasteiger partial charge < -0.3 is 11.1 Å². The van der Waals surface area contributed by atoms with Crippen molar-refractivity contribution in [3.05, 3.63) is 24.0 Å². The number of nitrogens with two attached hydrogens (primary N) is 1. The predicted molar refractivity (Wildman–Crippen MR) is 78.6 cm³/mol. The highest BCUT2D eigenvalue weighted by atomic mass is 16.1. The number of rotatable bonds is 7. The van der Waals surface area contributed by atoms with Crippen LogP contribution in [-0.2, 0) is 11.2 Å². The molecule has 0 aliphatic rings. The second-order valence-corrected chi connectivity index (χ2v) is 5.55. The third kappa shape index (κ3) is 6.79. The third-order valence-corrected chi connectivity index (χ3v) is 3.02. The van der Waals surface area contributed by atoms with Gasteiger partial charge >= 0.3 is 0 Å². The van der Waals surface area contributed by atoms with E-state index in [-0.39, 0.29) is 11.9 Å². The van der Waals surface area contributed by atoms with Gasteiger partial charge in [0.15, 0.2) is 0 Å². The molecule has 0 aromatic carbocycles. The zero-order valence-electron chi connectivity index (χ0n) is 12.1. The molecule has 0 spiro atoms. The van der Waals surface area contributed by atoms with Gasteiger partial charge in [-0.2, -0.15) is 0 Å². The van der Waals surface area contributed by atoms with E-state index in [1.165, 1.54) is 6.42 Å². The quantitative estimate of drug-likeness (QED) is 0.794. The molecule has 1 aromatic heterocycles. The van der Waals surface area contributed by atoms with Gasteiger partial charge in [0.25, 0.3) is 0 Å². The molecule has 0 aliphatic carbocycles. The maximum Gasteiger partial charge on any atom is 0.226 e. The van der Waals surface area contributed by atoms with Crippen molar-refractivity contribution in [3.63, 3.8) is 0 Å². The van der Waals surface area contributed by atoms with Gasteiger partial charge in [-0.15, -0.1) is 0 Å². The van der Waals surface area contributed by atoms with Crippen LogP contribution < -0.4 is 11.1 Å². The first-order valence-corrected chi connectivity index (χ1v) is 6.97. The first kappa shape index (κ1) is 15.5. The smallest absolute Gasteiger partial charge is 0.226 e. The van der Waals surface area contributed by atoms with E-state index in [2.05, 4.69) is 31.1 Å². The number of hydrogen-bond acceptors (Lipinski definition) is 3. The van der Waals surface area contributed by atoms with Crippen LogP contribution >= 0.6 is 0 Å². The summed E-state index contributed by atoms with van der Waals surface area (Å²) in [5.41, 5.74) is 6.92. The molecule has 0 saturated carbocycles. The standard InChI is InChI=1S/C15H25N3O/c1-11(2)5-4-6-12(3)18-15(19)9-14-8-7-13(16)10-17-14/h7-8,10-12H,4-6,9,16H2,1-3H3,(H,18,19). The number of carbonyl (C=O) groups is 1. The second-order valence-electron chi connectivity index (χ2n) is 5.55. The highest BCUT2D eigenvalue weighted by molar-refractivity contribution is 5.78. The van der Waals surface area contributed by atoms with Crippen LogP contribution in [0, 0.1) is 5.92 Å². The minimum Gasteiger partial charge on any atom is -0.397 e. The van der Waals surface area contributed by atoms with E-state index in [0.29, 0.717) is 12.1 Å². The van der Waals surface area contributed by atoms with Crippen molar-refractivity contribution in [2.24, 2.45) is 5.92 Å². The highest BCUT2D eigenvalue weighted by Gasteiger charge is 2.09. The average Bonchev–Trinajstić information content (AvgIpc) is 2.31. The molecule has 0 radical (unpaired) electrons. The normalized spacial score (nSPS) is 12.4. The Hall–Kier alpha value is -1.58. The van der Waals surface area contributed by atoms with Crippen LogP contribution in [0.4, 0.5) is 5.69 Å². The van der Waals surface area contributed by atoms with E-state index in [9.17, 15) is 4.79 Å². The topological polar surface area (TPSA) is 68.0 Å². The Kier molecular flexibility index (Phi) is 6.33. The number of hydrogen-bond donors (Lipinski definition) is 2. The lowest BCUT2D eigenvalue weighted by atomic mass is 10.0. The third-order valence-electron chi connectivity index (χ3n) is 3.02. The monoisotopic (exact) mass is 263 g/mol. The van der Waals surface area contributed by atoms with Crippen molar-refractivity contribution in [2.75, 3.05) is 5.73 Å². The van der Waals surface area contributed by atoms with Gasteiger partial charge in [0.05, 0.1) is 18.3 Å². The summed E-state index contributed by atoms with van der Waals surface area (Å²) in [5, 5.41) is 3.01. The average molecular weight is 263 g/mol. The molecule has 19 heavy (non-hydrogen) atoms. The van der Waals surface area contributed by atoms with E-state index in [1.807, 2.05) is 0 Å². The largest absolute Gasteiger partial charge is 0.397 e. The van der Waals surface area contributed by atoms with Crippen molar-refractivity contribution >= 4 is 11.6 Å². The van der Waals surface area contributed by atoms with Gasteiger partial charge in [0.2, 0.25) is 5.91 Å². The summed E-state index contributed by atoms with van der Waals surface area (Å²) in [6.07, 6.45) is 5.28. The fraction of sp³-hybridized carbons (Fsp3) is 0.600. The summed E-state index contributed by atoms with van der Waals surface area (Å²) in [6, 6.07) is 3.78. The SMILES string of the molecule is CC(C)CCCC(C)NC(=O)Cc1ccc(N)cn1. The Bertz CT molecular complexity index is 387. The molecule has 1 aromatic rings. The minimum atomic E-state index is 0.0225. The summed E-state index contributed by atoms with van der Waals surface area (Å²) in [6.45, 7) is 6.49. The Morgan fingerprint density at radius 1 is 1.32 bits per heavy atom. The second kappa shape index (κ2) is 7.77. The molecule has 0 bridgehead atoms. The van der Waals surface area contributed by atoms with Crippen molar-refractivity contribution in [1.82, 2.24) is 10.3 Å². The molecule has 4 heteroatoms. The van der Waals surface area contributed by atoms with Gasteiger partial charge in [-0.1, -0.05) is 26.7 Å². The molecule has 1 unspecified atom stereocenters. The molecule has 106 valence electrons.